The van der Waals surface area contributed by atoms with Crippen LogP contribution in [0.3, 0.4) is 0 Å². The smallest absolute Gasteiger partial charge is 0.494 e. The van der Waals surface area contributed by atoms with Gasteiger partial charge < -0.3 is 31.2 Å². The fourth-order valence-corrected chi connectivity index (χ4v) is 4.28. The Labute approximate surface area is 212 Å². The van der Waals surface area contributed by atoms with E-state index in [0.29, 0.717) is 0 Å². The van der Waals surface area contributed by atoms with Gasteiger partial charge in [0.15, 0.2) is 0 Å². The van der Waals surface area contributed by atoms with Crippen molar-refractivity contribution >= 4 is 24.0 Å². The zero-order valence-electron chi connectivity index (χ0n) is 21.8. The molecule has 0 atom stereocenters. The minimum Gasteiger partial charge on any atom is -1.00 e. The van der Waals surface area contributed by atoms with Crippen molar-refractivity contribution in [2.45, 2.75) is 72.1 Å². The lowest BCUT2D eigenvalue weighted by atomic mass is 9.79. The van der Waals surface area contributed by atoms with Crippen molar-refractivity contribution in [3.63, 3.8) is 0 Å². The van der Waals surface area contributed by atoms with Crippen LogP contribution in [0.2, 0.25) is 0 Å². The lowest BCUT2D eigenvalue weighted by molar-refractivity contribution is -0.00000994. The molecule has 1 aliphatic rings. The molecule has 3 rings (SSSR count). The van der Waals surface area contributed by atoms with Gasteiger partial charge in [-0.05, 0) is 58.1 Å². The van der Waals surface area contributed by atoms with Gasteiger partial charge >= 0.3 is 7.12 Å². The monoisotopic (exact) mass is 516 g/mol. The van der Waals surface area contributed by atoms with Crippen molar-refractivity contribution in [2.75, 3.05) is 32.1 Å². The lowest BCUT2D eigenvalue weighted by Gasteiger charge is -2.32. The van der Waals surface area contributed by atoms with E-state index in [-0.39, 0.29) is 35.3 Å². The van der Waals surface area contributed by atoms with Crippen molar-refractivity contribution in [3.8, 4) is 0 Å². The topological polar surface area (TPSA) is 21.7 Å². The molecule has 1 aliphatic heterocycles. The fraction of sp³-hybridized carbons (Fsp3) is 0.556. The van der Waals surface area contributed by atoms with E-state index in [1.165, 1.54) is 29.8 Å². The van der Waals surface area contributed by atoms with Crippen molar-refractivity contribution < 1.29 is 26.3 Å². The zero-order chi connectivity index (χ0) is 23.6. The Morgan fingerprint density at radius 3 is 1.73 bits per heavy atom. The molecule has 2 aromatic carbocycles. The number of anilines is 1. The second kappa shape index (κ2) is 10.9. The first-order valence-corrected chi connectivity index (χ1v) is 12.1. The summed E-state index contributed by atoms with van der Waals surface area (Å²) in [6.45, 7) is 16.0. The molecular formula is C27H42BBrN2O2. The number of hydrogen-bond donors (Lipinski definition) is 0. The molecule has 1 heterocycles. The van der Waals surface area contributed by atoms with E-state index in [9.17, 15) is 0 Å². The van der Waals surface area contributed by atoms with E-state index in [1.54, 1.807) is 0 Å². The van der Waals surface area contributed by atoms with Crippen LogP contribution in [0, 0.1) is 0 Å². The highest BCUT2D eigenvalue weighted by atomic mass is 79.9. The Morgan fingerprint density at radius 2 is 1.27 bits per heavy atom. The molecule has 0 spiro atoms. The molecule has 0 aromatic heterocycles. The maximum Gasteiger partial charge on any atom is 0.494 e. The van der Waals surface area contributed by atoms with Crippen LogP contribution < -0.4 is 31.8 Å². The molecular weight excluding hydrogens is 475 g/mol. The van der Waals surface area contributed by atoms with E-state index in [2.05, 4.69) is 109 Å². The standard InChI is InChI=1S/C27H42BN2O2.BrH/c1-9-19-29(20-10-2)24-15-17-25(18-16-24)30(7,8)21-22-11-13-23(14-12-22)28-31-26(3,4)27(5,6)32-28;/h11-18H,9-10,19-21H2,1-8H3;1H/q+1;/p-1. The van der Waals surface area contributed by atoms with Gasteiger partial charge in [-0.25, -0.2) is 0 Å². The number of nitrogens with zero attached hydrogens (tertiary/aromatic N) is 2. The molecule has 0 aliphatic carbocycles. The van der Waals surface area contributed by atoms with Crippen LogP contribution in [-0.2, 0) is 15.9 Å². The summed E-state index contributed by atoms with van der Waals surface area (Å²) in [5.41, 5.74) is 4.39. The minimum atomic E-state index is -0.314. The molecule has 0 N–H and O–H groups in total. The van der Waals surface area contributed by atoms with Crippen LogP contribution in [0.4, 0.5) is 11.4 Å². The van der Waals surface area contributed by atoms with Gasteiger partial charge in [-0.1, -0.05) is 38.1 Å². The number of quaternary nitrogens is 1. The molecule has 0 bridgehead atoms. The highest BCUT2D eigenvalue weighted by molar-refractivity contribution is 6.62. The summed E-state index contributed by atoms with van der Waals surface area (Å²) in [4.78, 5) is 2.48. The first kappa shape index (κ1) is 27.9. The summed E-state index contributed by atoms with van der Waals surface area (Å²) < 4.78 is 13.2. The van der Waals surface area contributed by atoms with E-state index >= 15 is 0 Å². The predicted molar refractivity (Wildman–Crippen MR) is 139 cm³/mol. The molecule has 6 heteroatoms. The molecule has 33 heavy (non-hydrogen) atoms. The van der Waals surface area contributed by atoms with Crippen molar-refractivity contribution in [2.24, 2.45) is 0 Å². The second-order valence-corrected chi connectivity index (χ2v) is 10.7. The van der Waals surface area contributed by atoms with E-state index in [0.717, 1.165) is 29.6 Å². The Balaban J connectivity index is 0.00000385. The molecule has 2 aromatic rings. The van der Waals surface area contributed by atoms with Gasteiger partial charge in [0.1, 0.15) is 12.2 Å². The summed E-state index contributed by atoms with van der Waals surface area (Å²) in [5, 5.41) is 0. The zero-order valence-corrected chi connectivity index (χ0v) is 23.4. The number of halogens is 1. The molecule has 0 amide bonds. The third kappa shape index (κ3) is 6.42. The third-order valence-electron chi connectivity index (χ3n) is 6.98. The molecule has 1 saturated heterocycles. The Hall–Kier alpha value is -1.34. The summed E-state index contributed by atoms with van der Waals surface area (Å²) in [6, 6.07) is 17.8. The highest BCUT2D eigenvalue weighted by Crippen LogP contribution is 2.36. The third-order valence-corrected chi connectivity index (χ3v) is 6.98. The number of rotatable bonds is 9. The SMILES string of the molecule is CCCN(CCC)c1ccc([N+](C)(C)Cc2ccc(B3OC(C)(C)C(C)(C)O3)cc2)cc1.[Br-]. The average Bonchev–Trinajstić information content (AvgIpc) is 2.95. The molecule has 182 valence electrons. The first-order valence-electron chi connectivity index (χ1n) is 12.1. The van der Waals surface area contributed by atoms with Gasteiger partial charge in [-0.3, -0.25) is 4.48 Å². The van der Waals surface area contributed by atoms with Gasteiger partial charge in [0, 0.05) is 36.5 Å². The number of hydrogen-bond acceptors (Lipinski definition) is 3. The first-order chi connectivity index (χ1) is 15.0. The van der Waals surface area contributed by atoms with E-state index in [4.69, 9.17) is 9.31 Å². The van der Waals surface area contributed by atoms with E-state index < -0.39 is 0 Å². The van der Waals surface area contributed by atoms with Crippen LogP contribution in [0.25, 0.3) is 0 Å². The molecule has 0 radical (unpaired) electrons. The lowest BCUT2D eigenvalue weighted by Crippen LogP contribution is -3.00. The van der Waals surface area contributed by atoms with Crippen LogP contribution in [0.15, 0.2) is 48.5 Å². The fourth-order valence-electron chi connectivity index (χ4n) is 4.28. The largest absolute Gasteiger partial charge is 1.00 e. The van der Waals surface area contributed by atoms with Crippen molar-refractivity contribution in [1.82, 2.24) is 4.48 Å². The summed E-state index contributed by atoms with van der Waals surface area (Å²) in [7, 11) is 4.23. The Morgan fingerprint density at radius 1 is 0.788 bits per heavy atom. The van der Waals surface area contributed by atoms with Gasteiger partial charge in [-0.15, -0.1) is 0 Å². The Bertz CT molecular complexity index is 860. The Kier molecular flexibility index (Phi) is 9.25. The quantitative estimate of drug-likeness (QED) is 0.377. The van der Waals surface area contributed by atoms with Crippen LogP contribution in [0.1, 0.15) is 59.9 Å². The molecule has 1 fully saturated rings. The average molecular weight is 517 g/mol. The minimum absolute atomic E-state index is 0. The van der Waals surface area contributed by atoms with Crippen molar-refractivity contribution in [1.29, 1.82) is 0 Å². The molecule has 0 unspecified atom stereocenters. The van der Waals surface area contributed by atoms with Crippen molar-refractivity contribution in [3.05, 3.63) is 54.1 Å². The maximum atomic E-state index is 6.20. The highest BCUT2D eigenvalue weighted by Gasteiger charge is 2.51. The summed E-state index contributed by atoms with van der Waals surface area (Å²) in [6.07, 6.45) is 2.34. The van der Waals surface area contributed by atoms with Crippen LogP contribution in [-0.4, -0.2) is 45.5 Å². The van der Waals surface area contributed by atoms with E-state index in [1.807, 2.05) is 0 Å². The van der Waals surface area contributed by atoms with Gasteiger partial charge in [0.2, 0.25) is 0 Å². The van der Waals surface area contributed by atoms with Gasteiger partial charge in [-0.2, -0.15) is 0 Å². The summed E-state index contributed by atoms with van der Waals surface area (Å²) in [5.74, 6) is 0. The molecule has 4 nitrogen and oxygen atoms in total. The van der Waals surface area contributed by atoms with Gasteiger partial charge in [0.05, 0.1) is 25.3 Å². The summed E-state index contributed by atoms with van der Waals surface area (Å²) >= 11 is 0. The maximum absolute atomic E-state index is 6.20. The molecule has 0 saturated carbocycles. The predicted octanol–water partition coefficient (Wildman–Crippen LogP) is 2.38. The number of benzene rings is 2. The van der Waals surface area contributed by atoms with Crippen LogP contribution >= 0.6 is 0 Å². The van der Waals surface area contributed by atoms with Crippen LogP contribution in [0.5, 0.6) is 0 Å². The van der Waals surface area contributed by atoms with Gasteiger partial charge in [0.25, 0.3) is 0 Å². The second-order valence-electron chi connectivity index (χ2n) is 10.7. The normalized spacial score (nSPS) is 17.0.